The SMILES string of the molecule is Cc1ccc(C(C)C)c(OCC(=O)N(C)C2CCNCC2)c1.Cl. The lowest BCUT2D eigenvalue weighted by Gasteiger charge is -2.31. The minimum atomic E-state index is 0. The first-order valence-electron chi connectivity index (χ1n) is 8.18. The Hall–Kier alpha value is -1.26. The summed E-state index contributed by atoms with van der Waals surface area (Å²) >= 11 is 0. The van der Waals surface area contributed by atoms with E-state index in [4.69, 9.17) is 4.74 Å². The van der Waals surface area contributed by atoms with Gasteiger partial charge in [-0.05, 0) is 56.0 Å². The van der Waals surface area contributed by atoms with E-state index >= 15 is 0 Å². The van der Waals surface area contributed by atoms with Gasteiger partial charge in [-0.25, -0.2) is 0 Å². The van der Waals surface area contributed by atoms with Gasteiger partial charge in [0.2, 0.25) is 0 Å². The number of hydrogen-bond donors (Lipinski definition) is 1. The van der Waals surface area contributed by atoms with Crippen LogP contribution in [-0.4, -0.2) is 43.6 Å². The number of piperidine rings is 1. The molecule has 1 saturated heterocycles. The average molecular weight is 341 g/mol. The Morgan fingerprint density at radius 3 is 2.61 bits per heavy atom. The van der Waals surface area contributed by atoms with Gasteiger partial charge in [-0.3, -0.25) is 4.79 Å². The second-order valence-electron chi connectivity index (χ2n) is 6.47. The van der Waals surface area contributed by atoms with Crippen molar-refractivity contribution in [3.8, 4) is 5.75 Å². The first-order valence-corrected chi connectivity index (χ1v) is 8.18. The van der Waals surface area contributed by atoms with Crippen molar-refractivity contribution < 1.29 is 9.53 Å². The molecule has 0 atom stereocenters. The molecule has 0 aliphatic carbocycles. The van der Waals surface area contributed by atoms with Gasteiger partial charge in [0, 0.05) is 13.1 Å². The van der Waals surface area contributed by atoms with Crippen molar-refractivity contribution in [2.75, 3.05) is 26.7 Å². The molecule has 1 aromatic rings. The monoisotopic (exact) mass is 340 g/mol. The number of amides is 1. The van der Waals surface area contributed by atoms with Crippen LogP contribution in [0, 0.1) is 6.92 Å². The molecule has 0 bridgehead atoms. The number of carbonyl (C=O) groups excluding carboxylic acids is 1. The normalized spacial score (nSPS) is 15.2. The van der Waals surface area contributed by atoms with Gasteiger partial charge in [-0.1, -0.05) is 26.0 Å². The van der Waals surface area contributed by atoms with Crippen LogP contribution in [0.5, 0.6) is 5.75 Å². The third-order valence-electron chi connectivity index (χ3n) is 4.39. The highest BCUT2D eigenvalue weighted by Crippen LogP contribution is 2.27. The van der Waals surface area contributed by atoms with Crippen molar-refractivity contribution in [3.05, 3.63) is 29.3 Å². The zero-order chi connectivity index (χ0) is 16.1. The number of hydrogen-bond acceptors (Lipinski definition) is 3. The molecule has 1 amide bonds. The molecule has 23 heavy (non-hydrogen) atoms. The maximum Gasteiger partial charge on any atom is 0.260 e. The first kappa shape index (κ1) is 19.8. The Labute approximate surface area is 146 Å². The number of nitrogens with one attached hydrogen (secondary N) is 1. The molecule has 2 rings (SSSR count). The third kappa shape index (κ3) is 5.40. The Bertz CT molecular complexity index is 514. The number of aryl methyl sites for hydroxylation is 1. The molecule has 1 aromatic carbocycles. The van der Waals surface area contributed by atoms with Gasteiger partial charge in [-0.15, -0.1) is 12.4 Å². The molecule has 1 heterocycles. The minimum absolute atomic E-state index is 0. The molecule has 4 nitrogen and oxygen atoms in total. The van der Waals surface area contributed by atoms with Crippen LogP contribution < -0.4 is 10.1 Å². The Morgan fingerprint density at radius 2 is 2.00 bits per heavy atom. The summed E-state index contributed by atoms with van der Waals surface area (Å²) in [6.45, 7) is 8.40. The molecule has 5 heteroatoms. The molecule has 130 valence electrons. The molecule has 0 spiro atoms. The van der Waals surface area contributed by atoms with Crippen LogP contribution in [0.4, 0.5) is 0 Å². The van der Waals surface area contributed by atoms with Crippen LogP contribution in [0.1, 0.15) is 43.7 Å². The van der Waals surface area contributed by atoms with E-state index in [1.165, 1.54) is 0 Å². The number of halogens is 1. The number of benzene rings is 1. The van der Waals surface area contributed by atoms with Crippen LogP contribution in [0.3, 0.4) is 0 Å². The molecule has 0 aromatic heterocycles. The van der Waals surface area contributed by atoms with Gasteiger partial charge in [-0.2, -0.15) is 0 Å². The fraction of sp³-hybridized carbons (Fsp3) is 0.611. The lowest BCUT2D eigenvalue weighted by Crippen LogP contribution is -2.45. The predicted molar refractivity (Wildman–Crippen MR) is 96.7 cm³/mol. The van der Waals surface area contributed by atoms with Crippen molar-refractivity contribution in [3.63, 3.8) is 0 Å². The van der Waals surface area contributed by atoms with E-state index in [-0.39, 0.29) is 24.9 Å². The van der Waals surface area contributed by atoms with Crippen molar-refractivity contribution in [2.24, 2.45) is 0 Å². The number of nitrogens with zero attached hydrogens (tertiary/aromatic N) is 1. The zero-order valence-corrected chi connectivity index (χ0v) is 15.4. The fourth-order valence-electron chi connectivity index (χ4n) is 2.88. The maximum atomic E-state index is 12.4. The van der Waals surface area contributed by atoms with Gasteiger partial charge in [0.15, 0.2) is 6.61 Å². The van der Waals surface area contributed by atoms with Gasteiger partial charge >= 0.3 is 0 Å². The van der Waals surface area contributed by atoms with Crippen molar-refractivity contribution >= 4 is 18.3 Å². The van der Waals surface area contributed by atoms with E-state index in [1.54, 1.807) is 0 Å². The summed E-state index contributed by atoms with van der Waals surface area (Å²) in [5, 5.41) is 3.32. The molecule has 1 aliphatic rings. The molecule has 1 fully saturated rings. The van der Waals surface area contributed by atoms with Gasteiger partial charge in [0.05, 0.1) is 0 Å². The quantitative estimate of drug-likeness (QED) is 0.895. The summed E-state index contributed by atoms with van der Waals surface area (Å²) < 4.78 is 5.85. The first-order chi connectivity index (χ1) is 10.5. The molecular weight excluding hydrogens is 312 g/mol. The number of rotatable bonds is 5. The van der Waals surface area contributed by atoms with E-state index in [0.717, 1.165) is 42.8 Å². The topological polar surface area (TPSA) is 41.6 Å². The van der Waals surface area contributed by atoms with Crippen LogP contribution in [0.15, 0.2) is 18.2 Å². The zero-order valence-electron chi connectivity index (χ0n) is 14.6. The van der Waals surface area contributed by atoms with Crippen LogP contribution in [0.2, 0.25) is 0 Å². The summed E-state index contributed by atoms with van der Waals surface area (Å²) in [6, 6.07) is 6.54. The predicted octanol–water partition coefficient (Wildman–Crippen LogP) is 3.13. The van der Waals surface area contributed by atoms with E-state index in [2.05, 4.69) is 31.3 Å². The largest absolute Gasteiger partial charge is 0.483 e. The van der Waals surface area contributed by atoms with E-state index in [0.29, 0.717) is 12.0 Å². The minimum Gasteiger partial charge on any atom is -0.483 e. The van der Waals surface area contributed by atoms with Crippen LogP contribution in [0.25, 0.3) is 0 Å². The van der Waals surface area contributed by atoms with Crippen molar-refractivity contribution in [1.29, 1.82) is 0 Å². The smallest absolute Gasteiger partial charge is 0.260 e. The molecule has 1 aliphatic heterocycles. The highest BCUT2D eigenvalue weighted by Gasteiger charge is 2.22. The summed E-state index contributed by atoms with van der Waals surface area (Å²) in [5.41, 5.74) is 2.31. The second kappa shape index (κ2) is 9.14. The number of likely N-dealkylation sites (N-methyl/N-ethyl adjacent to an activating group) is 1. The van der Waals surface area contributed by atoms with Gasteiger partial charge in [0.1, 0.15) is 5.75 Å². The summed E-state index contributed by atoms with van der Waals surface area (Å²) in [4.78, 5) is 14.2. The molecular formula is C18H29ClN2O2. The summed E-state index contributed by atoms with van der Waals surface area (Å²) in [5.74, 6) is 1.28. The van der Waals surface area contributed by atoms with Gasteiger partial charge < -0.3 is 15.0 Å². The summed E-state index contributed by atoms with van der Waals surface area (Å²) in [7, 11) is 1.89. The molecule has 0 saturated carbocycles. The highest BCUT2D eigenvalue weighted by atomic mass is 35.5. The Kier molecular flexibility index (Phi) is 7.86. The van der Waals surface area contributed by atoms with Crippen molar-refractivity contribution in [1.82, 2.24) is 10.2 Å². The standard InChI is InChI=1S/C18H28N2O2.ClH/c1-13(2)16-6-5-14(3)11-17(16)22-12-18(21)20(4)15-7-9-19-10-8-15;/h5-6,11,13,15,19H,7-10,12H2,1-4H3;1H. The van der Waals surface area contributed by atoms with E-state index in [9.17, 15) is 4.79 Å². The molecule has 1 N–H and O–H groups in total. The highest BCUT2D eigenvalue weighted by molar-refractivity contribution is 5.85. The molecule has 0 unspecified atom stereocenters. The Balaban J connectivity index is 0.00000264. The fourth-order valence-corrected chi connectivity index (χ4v) is 2.88. The second-order valence-corrected chi connectivity index (χ2v) is 6.47. The average Bonchev–Trinajstić information content (AvgIpc) is 2.52. The number of ether oxygens (including phenoxy) is 1. The maximum absolute atomic E-state index is 12.4. The number of carbonyl (C=O) groups is 1. The van der Waals surface area contributed by atoms with Gasteiger partial charge in [0.25, 0.3) is 5.91 Å². The van der Waals surface area contributed by atoms with Crippen LogP contribution >= 0.6 is 12.4 Å². The van der Waals surface area contributed by atoms with E-state index < -0.39 is 0 Å². The van der Waals surface area contributed by atoms with Crippen LogP contribution in [-0.2, 0) is 4.79 Å². The summed E-state index contributed by atoms with van der Waals surface area (Å²) in [6.07, 6.45) is 2.04. The third-order valence-corrected chi connectivity index (χ3v) is 4.39. The Morgan fingerprint density at radius 1 is 1.35 bits per heavy atom. The molecule has 0 radical (unpaired) electrons. The van der Waals surface area contributed by atoms with Crippen molar-refractivity contribution in [2.45, 2.75) is 45.6 Å². The lowest BCUT2D eigenvalue weighted by atomic mass is 10.0. The lowest BCUT2D eigenvalue weighted by molar-refractivity contribution is -0.134. The van der Waals surface area contributed by atoms with E-state index in [1.807, 2.05) is 24.9 Å².